The summed E-state index contributed by atoms with van der Waals surface area (Å²) in [5, 5.41) is 9.52. The lowest BCUT2D eigenvalue weighted by Crippen LogP contribution is -2.56. The molecule has 0 spiro atoms. The fourth-order valence-corrected chi connectivity index (χ4v) is 2.43. The SMILES string of the molecule is CC(C)Oc1ccnc(N2CCCCC2(C)C(=O)O)n1. The van der Waals surface area contributed by atoms with Crippen molar-refractivity contribution in [1.29, 1.82) is 0 Å². The summed E-state index contributed by atoms with van der Waals surface area (Å²) in [7, 11) is 0. The fourth-order valence-electron chi connectivity index (χ4n) is 2.43. The molecule has 0 aliphatic carbocycles. The van der Waals surface area contributed by atoms with E-state index in [0.717, 1.165) is 12.8 Å². The van der Waals surface area contributed by atoms with E-state index >= 15 is 0 Å². The summed E-state index contributed by atoms with van der Waals surface area (Å²) in [5.74, 6) is 0.0621. The molecular weight excluding hydrogens is 258 g/mol. The van der Waals surface area contributed by atoms with Crippen LogP contribution in [0.25, 0.3) is 0 Å². The maximum atomic E-state index is 11.6. The van der Waals surface area contributed by atoms with Gasteiger partial charge in [0.05, 0.1) is 6.10 Å². The summed E-state index contributed by atoms with van der Waals surface area (Å²) in [6.45, 7) is 6.22. The van der Waals surface area contributed by atoms with Crippen molar-refractivity contribution in [1.82, 2.24) is 9.97 Å². The molecule has 1 fully saturated rings. The highest BCUT2D eigenvalue weighted by Gasteiger charge is 2.42. The predicted molar refractivity (Wildman–Crippen MR) is 75.0 cm³/mol. The van der Waals surface area contributed by atoms with Gasteiger partial charge in [-0.05, 0) is 40.0 Å². The molecule has 1 aromatic heterocycles. The van der Waals surface area contributed by atoms with Crippen LogP contribution in [0.4, 0.5) is 5.95 Å². The molecule has 2 rings (SSSR count). The molecule has 0 radical (unpaired) electrons. The first-order valence-corrected chi connectivity index (χ1v) is 6.94. The molecule has 6 heteroatoms. The van der Waals surface area contributed by atoms with Crippen molar-refractivity contribution in [2.75, 3.05) is 11.4 Å². The number of ether oxygens (including phenoxy) is 1. The molecule has 0 amide bonds. The first-order chi connectivity index (χ1) is 9.43. The zero-order valence-electron chi connectivity index (χ0n) is 12.2. The molecule has 1 aliphatic rings. The van der Waals surface area contributed by atoms with Gasteiger partial charge < -0.3 is 14.7 Å². The van der Waals surface area contributed by atoms with Gasteiger partial charge in [0.1, 0.15) is 5.54 Å². The first kappa shape index (κ1) is 14.6. The normalized spacial score (nSPS) is 22.9. The molecule has 20 heavy (non-hydrogen) atoms. The van der Waals surface area contributed by atoms with Gasteiger partial charge >= 0.3 is 5.97 Å². The number of aliphatic carboxylic acids is 1. The van der Waals surface area contributed by atoms with E-state index < -0.39 is 11.5 Å². The van der Waals surface area contributed by atoms with E-state index in [-0.39, 0.29) is 6.10 Å². The minimum Gasteiger partial charge on any atom is -0.480 e. The second-order valence-corrected chi connectivity index (χ2v) is 5.55. The molecule has 6 nitrogen and oxygen atoms in total. The molecular formula is C14H21N3O3. The van der Waals surface area contributed by atoms with Gasteiger partial charge in [0.15, 0.2) is 0 Å². The van der Waals surface area contributed by atoms with Gasteiger partial charge in [-0.2, -0.15) is 4.98 Å². The summed E-state index contributed by atoms with van der Waals surface area (Å²) in [5.41, 5.74) is -0.950. The van der Waals surface area contributed by atoms with E-state index in [1.807, 2.05) is 13.8 Å². The number of piperidine rings is 1. The van der Waals surface area contributed by atoms with Gasteiger partial charge in [0.25, 0.3) is 0 Å². The summed E-state index contributed by atoms with van der Waals surface area (Å²) >= 11 is 0. The van der Waals surface area contributed by atoms with Gasteiger partial charge in [-0.1, -0.05) is 0 Å². The number of carboxylic acid groups (broad SMARTS) is 1. The number of carboxylic acids is 1. The molecule has 2 heterocycles. The van der Waals surface area contributed by atoms with Crippen LogP contribution in [-0.4, -0.2) is 39.2 Å². The standard InChI is InChI=1S/C14H21N3O3/c1-10(2)20-11-6-8-15-13(16-11)17-9-5-4-7-14(17,3)12(18)19/h6,8,10H,4-5,7,9H2,1-3H3,(H,18,19). The lowest BCUT2D eigenvalue weighted by atomic mass is 9.89. The van der Waals surface area contributed by atoms with E-state index in [9.17, 15) is 9.90 Å². The minimum absolute atomic E-state index is 0.0185. The zero-order chi connectivity index (χ0) is 14.8. The summed E-state index contributed by atoms with van der Waals surface area (Å²) < 4.78 is 5.55. The number of rotatable bonds is 4. The van der Waals surface area contributed by atoms with Gasteiger partial charge in [-0.25, -0.2) is 9.78 Å². The Morgan fingerprint density at radius 3 is 2.90 bits per heavy atom. The number of nitrogens with zero attached hydrogens (tertiary/aromatic N) is 3. The molecule has 1 aliphatic heterocycles. The van der Waals surface area contributed by atoms with E-state index in [2.05, 4.69) is 9.97 Å². The van der Waals surface area contributed by atoms with Crippen molar-refractivity contribution in [3.8, 4) is 5.88 Å². The van der Waals surface area contributed by atoms with Gasteiger partial charge in [0, 0.05) is 18.8 Å². The van der Waals surface area contributed by atoms with Crippen molar-refractivity contribution in [3.05, 3.63) is 12.3 Å². The number of aromatic nitrogens is 2. The Labute approximate surface area is 118 Å². The second-order valence-electron chi connectivity index (χ2n) is 5.55. The van der Waals surface area contributed by atoms with E-state index in [0.29, 0.717) is 24.8 Å². The molecule has 1 unspecified atom stereocenters. The number of carbonyl (C=O) groups is 1. The van der Waals surface area contributed by atoms with Crippen molar-refractivity contribution < 1.29 is 14.6 Å². The highest BCUT2D eigenvalue weighted by Crippen LogP contribution is 2.31. The Hall–Kier alpha value is -1.85. The Balaban J connectivity index is 2.31. The largest absolute Gasteiger partial charge is 0.480 e. The van der Waals surface area contributed by atoms with Crippen LogP contribution in [0, 0.1) is 0 Å². The highest BCUT2D eigenvalue weighted by molar-refractivity contribution is 5.82. The van der Waals surface area contributed by atoms with E-state index in [4.69, 9.17) is 4.74 Å². The maximum Gasteiger partial charge on any atom is 0.329 e. The van der Waals surface area contributed by atoms with Gasteiger partial charge in [-0.15, -0.1) is 0 Å². The molecule has 0 aromatic carbocycles. The van der Waals surface area contributed by atoms with Crippen molar-refractivity contribution in [2.45, 2.75) is 51.7 Å². The maximum absolute atomic E-state index is 11.6. The van der Waals surface area contributed by atoms with Crippen molar-refractivity contribution in [2.24, 2.45) is 0 Å². The lowest BCUT2D eigenvalue weighted by molar-refractivity contribution is -0.143. The lowest BCUT2D eigenvalue weighted by Gasteiger charge is -2.41. The van der Waals surface area contributed by atoms with Crippen LogP contribution in [-0.2, 0) is 4.79 Å². The molecule has 1 saturated heterocycles. The quantitative estimate of drug-likeness (QED) is 0.909. The van der Waals surface area contributed by atoms with Crippen LogP contribution in [0.2, 0.25) is 0 Å². The third-order valence-corrected chi connectivity index (χ3v) is 3.57. The number of hydrogen-bond acceptors (Lipinski definition) is 5. The molecule has 1 atom stereocenters. The third-order valence-electron chi connectivity index (χ3n) is 3.57. The fraction of sp³-hybridized carbons (Fsp3) is 0.643. The zero-order valence-corrected chi connectivity index (χ0v) is 12.2. The van der Waals surface area contributed by atoms with Crippen LogP contribution < -0.4 is 9.64 Å². The minimum atomic E-state index is -0.950. The predicted octanol–water partition coefficient (Wildman–Crippen LogP) is 2.10. The molecule has 1 N–H and O–H groups in total. The highest BCUT2D eigenvalue weighted by atomic mass is 16.5. The average Bonchev–Trinajstić information content (AvgIpc) is 2.38. The second kappa shape index (κ2) is 5.64. The third kappa shape index (κ3) is 2.84. The summed E-state index contributed by atoms with van der Waals surface area (Å²) in [6, 6.07) is 1.69. The Morgan fingerprint density at radius 1 is 1.50 bits per heavy atom. The van der Waals surface area contributed by atoms with Crippen molar-refractivity contribution in [3.63, 3.8) is 0 Å². The first-order valence-electron chi connectivity index (χ1n) is 6.94. The van der Waals surface area contributed by atoms with Crippen LogP contribution >= 0.6 is 0 Å². The smallest absolute Gasteiger partial charge is 0.329 e. The number of hydrogen-bond donors (Lipinski definition) is 1. The molecule has 0 saturated carbocycles. The molecule has 1 aromatic rings. The monoisotopic (exact) mass is 279 g/mol. The van der Waals surface area contributed by atoms with Gasteiger partial charge in [-0.3, -0.25) is 0 Å². The van der Waals surface area contributed by atoms with E-state index in [1.54, 1.807) is 24.1 Å². The summed E-state index contributed by atoms with van der Waals surface area (Å²) in [4.78, 5) is 21.9. The molecule has 0 bridgehead atoms. The van der Waals surface area contributed by atoms with Crippen LogP contribution in [0.3, 0.4) is 0 Å². The van der Waals surface area contributed by atoms with Crippen LogP contribution in [0.1, 0.15) is 40.0 Å². The topological polar surface area (TPSA) is 75.5 Å². The Morgan fingerprint density at radius 2 is 2.25 bits per heavy atom. The Kier molecular flexibility index (Phi) is 4.11. The van der Waals surface area contributed by atoms with Crippen LogP contribution in [0.15, 0.2) is 12.3 Å². The average molecular weight is 279 g/mol. The summed E-state index contributed by atoms with van der Waals surface area (Å²) in [6.07, 6.45) is 4.07. The van der Waals surface area contributed by atoms with Crippen molar-refractivity contribution >= 4 is 11.9 Å². The number of anilines is 1. The van der Waals surface area contributed by atoms with Gasteiger partial charge in [0.2, 0.25) is 11.8 Å². The molecule has 110 valence electrons. The van der Waals surface area contributed by atoms with Crippen LogP contribution in [0.5, 0.6) is 5.88 Å². The Bertz CT molecular complexity index is 492. The van der Waals surface area contributed by atoms with E-state index in [1.165, 1.54) is 0 Å².